The number of aryl methyl sites for hydroxylation is 2. The molecule has 0 heterocycles. The number of hydrogen-bond donors (Lipinski definition) is 1. The SMILES string of the molecule is CNC(=O)[C@@H](Cc1ccccc1)N(Cc1cccc(Br)c1)C(=O)COc1ccc(C)cc1C. The molecule has 0 aliphatic rings. The van der Waals surface area contributed by atoms with Crippen molar-refractivity contribution in [3.8, 4) is 5.75 Å². The Labute approximate surface area is 203 Å². The van der Waals surface area contributed by atoms with Gasteiger partial charge in [-0.25, -0.2) is 0 Å². The van der Waals surface area contributed by atoms with Gasteiger partial charge in [-0.15, -0.1) is 0 Å². The lowest BCUT2D eigenvalue weighted by Crippen LogP contribution is -2.51. The minimum absolute atomic E-state index is 0.153. The molecule has 0 aromatic heterocycles. The smallest absolute Gasteiger partial charge is 0.261 e. The maximum absolute atomic E-state index is 13.4. The van der Waals surface area contributed by atoms with Crippen molar-refractivity contribution in [1.82, 2.24) is 10.2 Å². The highest BCUT2D eigenvalue weighted by atomic mass is 79.9. The summed E-state index contributed by atoms with van der Waals surface area (Å²) < 4.78 is 6.79. The fourth-order valence-corrected chi connectivity index (χ4v) is 4.18. The number of nitrogens with one attached hydrogen (secondary N) is 1. The first-order valence-corrected chi connectivity index (χ1v) is 11.7. The Morgan fingerprint density at radius 3 is 2.36 bits per heavy atom. The number of carbonyl (C=O) groups is 2. The van der Waals surface area contributed by atoms with Gasteiger partial charge in [0.1, 0.15) is 11.8 Å². The number of likely N-dealkylation sites (N-methyl/N-ethyl adjacent to an activating group) is 1. The molecule has 0 spiro atoms. The lowest BCUT2D eigenvalue weighted by atomic mass is 10.0. The van der Waals surface area contributed by atoms with Crippen molar-refractivity contribution in [3.63, 3.8) is 0 Å². The molecule has 33 heavy (non-hydrogen) atoms. The first-order chi connectivity index (χ1) is 15.9. The Morgan fingerprint density at radius 1 is 0.970 bits per heavy atom. The molecule has 6 heteroatoms. The van der Waals surface area contributed by atoms with Crippen LogP contribution in [0.5, 0.6) is 5.75 Å². The van der Waals surface area contributed by atoms with Crippen molar-refractivity contribution in [3.05, 3.63) is 99.5 Å². The number of hydrogen-bond acceptors (Lipinski definition) is 3. The van der Waals surface area contributed by atoms with Crippen LogP contribution in [-0.4, -0.2) is 36.4 Å². The molecule has 0 saturated carbocycles. The number of ether oxygens (including phenoxy) is 1. The predicted molar refractivity (Wildman–Crippen MR) is 134 cm³/mol. The highest BCUT2D eigenvalue weighted by molar-refractivity contribution is 9.10. The lowest BCUT2D eigenvalue weighted by molar-refractivity contribution is -0.142. The van der Waals surface area contributed by atoms with E-state index in [1.54, 1.807) is 11.9 Å². The highest BCUT2D eigenvalue weighted by Crippen LogP contribution is 2.21. The molecule has 0 aliphatic heterocycles. The van der Waals surface area contributed by atoms with E-state index in [9.17, 15) is 9.59 Å². The molecule has 0 radical (unpaired) electrons. The third-order valence-corrected chi connectivity index (χ3v) is 5.93. The lowest BCUT2D eigenvalue weighted by Gasteiger charge is -2.31. The van der Waals surface area contributed by atoms with Crippen molar-refractivity contribution < 1.29 is 14.3 Å². The monoisotopic (exact) mass is 508 g/mol. The zero-order valence-electron chi connectivity index (χ0n) is 19.2. The number of rotatable bonds is 9. The van der Waals surface area contributed by atoms with E-state index in [4.69, 9.17) is 4.74 Å². The first-order valence-electron chi connectivity index (χ1n) is 10.9. The number of carbonyl (C=O) groups excluding carboxylic acids is 2. The number of nitrogens with zero attached hydrogens (tertiary/aromatic N) is 1. The van der Waals surface area contributed by atoms with E-state index in [1.165, 1.54) is 0 Å². The highest BCUT2D eigenvalue weighted by Gasteiger charge is 2.30. The molecule has 3 aromatic rings. The molecule has 2 amide bonds. The Bertz CT molecular complexity index is 1100. The van der Waals surface area contributed by atoms with Crippen molar-refractivity contribution >= 4 is 27.7 Å². The standard InChI is InChI=1S/C27H29BrN2O3/c1-19-12-13-25(20(2)14-19)33-18-26(31)30(17-22-10-7-11-23(28)15-22)24(27(32)29-3)16-21-8-5-4-6-9-21/h4-15,24H,16-18H2,1-3H3,(H,29,32)/t24-/m1/s1. The van der Waals surface area contributed by atoms with Crippen LogP contribution in [0.3, 0.4) is 0 Å². The van der Waals surface area contributed by atoms with Crippen molar-refractivity contribution in [1.29, 1.82) is 0 Å². The first kappa shape index (κ1) is 24.5. The molecule has 172 valence electrons. The molecular weight excluding hydrogens is 480 g/mol. The summed E-state index contributed by atoms with van der Waals surface area (Å²) in [5.41, 5.74) is 4.00. The van der Waals surface area contributed by atoms with Gasteiger partial charge in [0.25, 0.3) is 5.91 Å². The van der Waals surface area contributed by atoms with E-state index >= 15 is 0 Å². The zero-order valence-corrected chi connectivity index (χ0v) is 20.8. The van der Waals surface area contributed by atoms with Crippen LogP contribution in [0.1, 0.15) is 22.3 Å². The van der Waals surface area contributed by atoms with Gasteiger partial charge in [0, 0.05) is 24.5 Å². The van der Waals surface area contributed by atoms with Gasteiger partial charge in [0.2, 0.25) is 5.91 Å². The normalized spacial score (nSPS) is 11.5. The molecule has 1 atom stereocenters. The van der Waals surface area contributed by atoms with Crippen LogP contribution in [0, 0.1) is 13.8 Å². The maximum atomic E-state index is 13.4. The number of benzene rings is 3. The molecule has 5 nitrogen and oxygen atoms in total. The number of halogens is 1. The maximum Gasteiger partial charge on any atom is 0.261 e. The minimum atomic E-state index is -0.674. The van der Waals surface area contributed by atoms with Gasteiger partial charge in [-0.1, -0.05) is 76.1 Å². The van der Waals surface area contributed by atoms with Crippen molar-refractivity contribution in [2.45, 2.75) is 32.9 Å². The Balaban J connectivity index is 1.88. The molecule has 0 bridgehead atoms. The minimum Gasteiger partial charge on any atom is -0.483 e. The van der Waals surface area contributed by atoms with E-state index in [0.717, 1.165) is 26.7 Å². The Hall–Kier alpha value is -3.12. The van der Waals surface area contributed by atoms with Crippen LogP contribution < -0.4 is 10.1 Å². The van der Waals surface area contributed by atoms with E-state index in [2.05, 4.69) is 21.2 Å². The van der Waals surface area contributed by atoms with Crippen LogP contribution in [0.25, 0.3) is 0 Å². The van der Waals surface area contributed by atoms with Crippen LogP contribution in [-0.2, 0) is 22.6 Å². The van der Waals surface area contributed by atoms with E-state index in [0.29, 0.717) is 18.7 Å². The van der Waals surface area contributed by atoms with Crippen LogP contribution in [0.4, 0.5) is 0 Å². The summed E-state index contributed by atoms with van der Waals surface area (Å²) in [6.45, 7) is 4.10. The summed E-state index contributed by atoms with van der Waals surface area (Å²) in [6.07, 6.45) is 0.407. The molecule has 0 fully saturated rings. The Kier molecular flexibility index (Phi) is 8.66. The van der Waals surface area contributed by atoms with E-state index < -0.39 is 6.04 Å². The fraction of sp³-hybridized carbons (Fsp3) is 0.259. The summed E-state index contributed by atoms with van der Waals surface area (Å²) >= 11 is 3.49. The van der Waals surface area contributed by atoms with E-state index in [-0.39, 0.29) is 18.4 Å². The topological polar surface area (TPSA) is 58.6 Å². The summed E-state index contributed by atoms with van der Waals surface area (Å²) in [5.74, 6) is 0.198. The van der Waals surface area contributed by atoms with Crippen LogP contribution >= 0.6 is 15.9 Å². The third-order valence-electron chi connectivity index (χ3n) is 5.44. The van der Waals surface area contributed by atoms with Gasteiger partial charge in [-0.05, 0) is 48.7 Å². The van der Waals surface area contributed by atoms with Crippen molar-refractivity contribution in [2.24, 2.45) is 0 Å². The molecule has 0 unspecified atom stereocenters. The number of amides is 2. The molecule has 3 rings (SSSR count). The van der Waals surface area contributed by atoms with Gasteiger partial charge in [0.05, 0.1) is 0 Å². The molecule has 0 aliphatic carbocycles. The van der Waals surface area contributed by atoms with Gasteiger partial charge < -0.3 is 15.0 Å². The second-order valence-electron chi connectivity index (χ2n) is 8.03. The summed E-state index contributed by atoms with van der Waals surface area (Å²) in [4.78, 5) is 28.0. The van der Waals surface area contributed by atoms with Gasteiger partial charge in [-0.2, -0.15) is 0 Å². The van der Waals surface area contributed by atoms with Crippen LogP contribution in [0.15, 0.2) is 77.3 Å². The zero-order chi connectivity index (χ0) is 23.8. The average molecular weight is 509 g/mol. The van der Waals surface area contributed by atoms with Gasteiger partial charge >= 0.3 is 0 Å². The Morgan fingerprint density at radius 2 is 1.70 bits per heavy atom. The summed E-state index contributed by atoms with van der Waals surface area (Å²) in [5, 5.41) is 2.72. The molecule has 3 aromatic carbocycles. The van der Waals surface area contributed by atoms with E-state index in [1.807, 2.05) is 86.6 Å². The summed E-state index contributed by atoms with van der Waals surface area (Å²) in [6, 6.07) is 22.6. The molecule has 0 saturated heterocycles. The fourth-order valence-electron chi connectivity index (χ4n) is 3.74. The quantitative estimate of drug-likeness (QED) is 0.450. The molecular formula is C27H29BrN2O3. The summed E-state index contributed by atoms with van der Waals surface area (Å²) in [7, 11) is 1.59. The third kappa shape index (κ3) is 6.93. The van der Waals surface area contributed by atoms with Gasteiger partial charge in [0.15, 0.2) is 6.61 Å². The predicted octanol–water partition coefficient (Wildman–Crippen LogP) is 4.83. The van der Waals surface area contributed by atoms with Crippen LogP contribution in [0.2, 0.25) is 0 Å². The largest absolute Gasteiger partial charge is 0.483 e. The second-order valence-corrected chi connectivity index (χ2v) is 8.94. The average Bonchev–Trinajstić information content (AvgIpc) is 2.81. The molecule has 1 N–H and O–H groups in total. The van der Waals surface area contributed by atoms with Crippen molar-refractivity contribution in [2.75, 3.05) is 13.7 Å². The second kappa shape index (κ2) is 11.7. The van der Waals surface area contributed by atoms with Gasteiger partial charge in [-0.3, -0.25) is 9.59 Å².